The lowest BCUT2D eigenvalue weighted by Crippen LogP contribution is -2.52. The summed E-state index contributed by atoms with van der Waals surface area (Å²) in [6.07, 6.45) is 0. The van der Waals surface area contributed by atoms with Crippen LogP contribution in [-0.4, -0.2) is 26.9 Å². The molecule has 0 radical (unpaired) electrons. The Hall–Kier alpha value is -1.06. The van der Waals surface area contributed by atoms with Crippen LogP contribution in [0.1, 0.15) is 22.3 Å². The van der Waals surface area contributed by atoms with E-state index in [1.807, 2.05) is 0 Å². The molecule has 0 amide bonds. The molecule has 2 rings (SSSR count). The van der Waals surface area contributed by atoms with E-state index in [9.17, 15) is 0 Å². The summed E-state index contributed by atoms with van der Waals surface area (Å²) < 4.78 is 11.0. The van der Waals surface area contributed by atoms with E-state index in [1.54, 1.807) is 7.11 Å². The lowest BCUT2D eigenvalue weighted by molar-refractivity contribution is -0.0562. The van der Waals surface area contributed by atoms with Gasteiger partial charge >= 0.3 is 0 Å². The molecule has 0 bridgehead atoms. The number of rotatable bonds is 3. The van der Waals surface area contributed by atoms with Gasteiger partial charge in [0.25, 0.3) is 0 Å². The van der Waals surface area contributed by atoms with Gasteiger partial charge in [-0.25, -0.2) is 0 Å². The first-order valence-electron chi connectivity index (χ1n) is 5.99. The maximum atomic E-state index is 5.95. The maximum Gasteiger partial charge on any atom is 0.126 e. The molecule has 17 heavy (non-hydrogen) atoms. The second kappa shape index (κ2) is 4.31. The predicted octanol–water partition coefficient (Wildman–Crippen LogP) is 1.85. The van der Waals surface area contributed by atoms with E-state index in [0.29, 0.717) is 19.8 Å². The Morgan fingerprint density at radius 3 is 2.35 bits per heavy atom. The van der Waals surface area contributed by atoms with E-state index in [2.05, 4.69) is 26.8 Å². The van der Waals surface area contributed by atoms with Crippen LogP contribution in [-0.2, 0) is 10.2 Å². The third-order valence-electron chi connectivity index (χ3n) is 3.87. The van der Waals surface area contributed by atoms with Gasteiger partial charge < -0.3 is 15.2 Å². The summed E-state index contributed by atoms with van der Waals surface area (Å²) in [4.78, 5) is 0. The molecule has 94 valence electrons. The molecule has 0 saturated carbocycles. The Labute approximate surface area is 103 Å². The largest absolute Gasteiger partial charge is 0.496 e. The number of hydrogen-bond donors (Lipinski definition) is 1. The molecule has 1 aromatic rings. The second-order valence-electron chi connectivity index (χ2n) is 5.02. The average Bonchev–Trinajstić information content (AvgIpc) is 2.24. The number of hydrogen-bond acceptors (Lipinski definition) is 3. The molecule has 1 fully saturated rings. The lowest BCUT2D eigenvalue weighted by Gasteiger charge is -2.43. The highest BCUT2D eigenvalue weighted by Crippen LogP contribution is 2.42. The average molecular weight is 235 g/mol. The molecule has 0 unspecified atom stereocenters. The van der Waals surface area contributed by atoms with Crippen LogP contribution in [0.3, 0.4) is 0 Å². The Morgan fingerprint density at radius 2 is 1.94 bits per heavy atom. The SMILES string of the molecule is COc1c(C)c(C)cc(C)c1C1(CN)COC1. The summed E-state index contributed by atoms with van der Waals surface area (Å²) in [5.41, 5.74) is 10.8. The van der Waals surface area contributed by atoms with Crippen molar-refractivity contribution in [2.24, 2.45) is 5.73 Å². The molecule has 2 N–H and O–H groups in total. The lowest BCUT2D eigenvalue weighted by atomic mass is 9.75. The second-order valence-corrected chi connectivity index (χ2v) is 5.02. The number of aryl methyl sites for hydroxylation is 2. The van der Waals surface area contributed by atoms with Gasteiger partial charge in [-0.2, -0.15) is 0 Å². The summed E-state index contributed by atoms with van der Waals surface area (Å²) in [6, 6.07) is 2.21. The highest BCUT2D eigenvalue weighted by molar-refractivity contribution is 5.54. The van der Waals surface area contributed by atoms with Crippen molar-refractivity contribution < 1.29 is 9.47 Å². The quantitative estimate of drug-likeness (QED) is 0.869. The standard InChI is InChI=1S/C14H21NO2/c1-9-5-10(2)12(13(16-4)11(9)3)14(6-15)7-17-8-14/h5H,6-8,15H2,1-4H3. The zero-order valence-electron chi connectivity index (χ0n) is 11.1. The van der Waals surface area contributed by atoms with Crippen molar-refractivity contribution in [3.8, 4) is 5.75 Å². The first-order valence-corrected chi connectivity index (χ1v) is 5.99. The van der Waals surface area contributed by atoms with Crippen LogP contribution in [0.2, 0.25) is 0 Å². The first-order chi connectivity index (χ1) is 8.05. The summed E-state index contributed by atoms with van der Waals surface area (Å²) in [5.74, 6) is 0.983. The molecular weight excluding hydrogens is 214 g/mol. The van der Waals surface area contributed by atoms with Gasteiger partial charge in [0, 0.05) is 12.1 Å². The molecule has 0 atom stereocenters. The van der Waals surface area contributed by atoms with Gasteiger partial charge in [-0.15, -0.1) is 0 Å². The summed E-state index contributed by atoms with van der Waals surface area (Å²) in [6.45, 7) is 8.33. The predicted molar refractivity (Wildman–Crippen MR) is 68.8 cm³/mol. The molecule has 1 aliphatic heterocycles. The maximum absolute atomic E-state index is 5.95. The highest BCUT2D eigenvalue weighted by atomic mass is 16.5. The molecule has 0 spiro atoms. The Balaban J connectivity index is 2.63. The van der Waals surface area contributed by atoms with E-state index in [0.717, 1.165) is 5.75 Å². The van der Waals surface area contributed by atoms with Gasteiger partial charge in [0.15, 0.2) is 0 Å². The van der Waals surface area contributed by atoms with Crippen LogP contribution in [0.5, 0.6) is 5.75 Å². The summed E-state index contributed by atoms with van der Waals surface area (Å²) in [7, 11) is 1.73. The van der Waals surface area contributed by atoms with E-state index in [4.69, 9.17) is 15.2 Å². The zero-order valence-corrected chi connectivity index (χ0v) is 11.1. The fourth-order valence-electron chi connectivity index (χ4n) is 2.68. The number of benzene rings is 1. The molecule has 0 aromatic heterocycles. The fourth-order valence-corrected chi connectivity index (χ4v) is 2.68. The van der Waals surface area contributed by atoms with Gasteiger partial charge in [0.2, 0.25) is 0 Å². The highest BCUT2D eigenvalue weighted by Gasteiger charge is 2.42. The van der Waals surface area contributed by atoms with Crippen LogP contribution in [0, 0.1) is 20.8 Å². The topological polar surface area (TPSA) is 44.5 Å². The van der Waals surface area contributed by atoms with Crippen molar-refractivity contribution in [2.75, 3.05) is 26.9 Å². The van der Waals surface area contributed by atoms with E-state index in [-0.39, 0.29) is 5.41 Å². The molecule has 1 aromatic carbocycles. The molecule has 1 heterocycles. The van der Waals surface area contributed by atoms with Crippen LogP contribution < -0.4 is 10.5 Å². The number of ether oxygens (including phenoxy) is 2. The minimum atomic E-state index is -0.0477. The molecular formula is C14H21NO2. The fraction of sp³-hybridized carbons (Fsp3) is 0.571. The van der Waals surface area contributed by atoms with Gasteiger partial charge in [0.1, 0.15) is 5.75 Å². The zero-order chi connectivity index (χ0) is 12.6. The van der Waals surface area contributed by atoms with Crippen molar-refractivity contribution in [3.05, 3.63) is 28.3 Å². The number of nitrogens with two attached hydrogens (primary N) is 1. The Morgan fingerprint density at radius 1 is 1.29 bits per heavy atom. The summed E-state index contributed by atoms with van der Waals surface area (Å²) >= 11 is 0. The smallest absolute Gasteiger partial charge is 0.126 e. The molecule has 0 aliphatic carbocycles. The van der Waals surface area contributed by atoms with E-state index >= 15 is 0 Å². The Bertz CT molecular complexity index is 431. The van der Waals surface area contributed by atoms with Crippen LogP contribution >= 0.6 is 0 Å². The minimum Gasteiger partial charge on any atom is -0.496 e. The number of methoxy groups -OCH3 is 1. The third-order valence-corrected chi connectivity index (χ3v) is 3.87. The van der Waals surface area contributed by atoms with Crippen LogP contribution in [0.4, 0.5) is 0 Å². The third kappa shape index (κ3) is 1.74. The minimum absolute atomic E-state index is 0.0477. The first kappa shape index (κ1) is 12.4. The van der Waals surface area contributed by atoms with E-state index < -0.39 is 0 Å². The normalized spacial score (nSPS) is 17.7. The van der Waals surface area contributed by atoms with E-state index in [1.165, 1.54) is 22.3 Å². The summed E-state index contributed by atoms with van der Waals surface area (Å²) in [5, 5.41) is 0. The van der Waals surface area contributed by atoms with Crippen LogP contribution in [0.25, 0.3) is 0 Å². The molecule has 1 aliphatic rings. The van der Waals surface area contributed by atoms with Gasteiger partial charge in [0.05, 0.1) is 25.7 Å². The van der Waals surface area contributed by atoms with Crippen molar-refractivity contribution in [3.63, 3.8) is 0 Å². The van der Waals surface area contributed by atoms with Gasteiger partial charge in [-0.3, -0.25) is 0 Å². The molecule has 1 saturated heterocycles. The van der Waals surface area contributed by atoms with Crippen LogP contribution in [0.15, 0.2) is 6.07 Å². The Kier molecular flexibility index (Phi) is 3.15. The van der Waals surface area contributed by atoms with Gasteiger partial charge in [-0.05, 0) is 37.5 Å². The molecule has 3 heteroatoms. The van der Waals surface area contributed by atoms with Crippen molar-refractivity contribution >= 4 is 0 Å². The van der Waals surface area contributed by atoms with Crippen molar-refractivity contribution in [1.82, 2.24) is 0 Å². The van der Waals surface area contributed by atoms with Crippen molar-refractivity contribution in [2.45, 2.75) is 26.2 Å². The molecule has 3 nitrogen and oxygen atoms in total. The van der Waals surface area contributed by atoms with Gasteiger partial charge in [-0.1, -0.05) is 6.07 Å². The monoisotopic (exact) mass is 235 g/mol. The van der Waals surface area contributed by atoms with Crippen molar-refractivity contribution in [1.29, 1.82) is 0 Å².